The lowest BCUT2D eigenvalue weighted by Gasteiger charge is -2.08. The van der Waals surface area contributed by atoms with Crippen LogP contribution < -0.4 is 16.4 Å². The molecule has 2 amide bonds. The summed E-state index contributed by atoms with van der Waals surface area (Å²) in [6.07, 6.45) is 0.255. The molecule has 3 rings (SSSR count). The van der Waals surface area contributed by atoms with E-state index in [2.05, 4.69) is 25.8 Å². The molecule has 0 bridgehead atoms. The zero-order chi connectivity index (χ0) is 14.3. The van der Waals surface area contributed by atoms with Crippen LogP contribution in [-0.4, -0.2) is 27.0 Å². The van der Waals surface area contributed by atoms with Gasteiger partial charge in [-0.3, -0.25) is 14.7 Å². The van der Waals surface area contributed by atoms with E-state index in [4.69, 9.17) is 17.3 Å². The first-order chi connectivity index (χ1) is 9.52. The number of nitrogens with two attached hydrogens (primary N) is 1. The Morgan fingerprint density at radius 2 is 2.25 bits per heavy atom. The van der Waals surface area contributed by atoms with Crippen molar-refractivity contribution in [3.63, 3.8) is 0 Å². The summed E-state index contributed by atoms with van der Waals surface area (Å²) in [6.45, 7) is 0. The number of halogens is 1. The summed E-state index contributed by atoms with van der Waals surface area (Å²) in [5.74, 6) is -0.672. The summed E-state index contributed by atoms with van der Waals surface area (Å²) in [5, 5.41) is 11.5. The van der Waals surface area contributed by atoms with Gasteiger partial charge in [-0.15, -0.1) is 5.10 Å². The molecule has 8 nitrogen and oxygen atoms in total. The van der Waals surface area contributed by atoms with Gasteiger partial charge in [-0.1, -0.05) is 11.6 Å². The largest absolute Gasteiger partial charge is 0.366 e. The Balaban J connectivity index is 1.86. The number of carbonyl (C=O) groups excluding carboxylic acids is 2. The van der Waals surface area contributed by atoms with Gasteiger partial charge in [-0.25, -0.2) is 0 Å². The molecule has 1 aromatic heterocycles. The predicted molar refractivity (Wildman–Crippen MR) is 72.5 cm³/mol. The molecule has 1 aromatic carbocycles. The number of nitrogen functional groups attached to an aromatic ring is 1. The van der Waals surface area contributed by atoms with Gasteiger partial charge in [0, 0.05) is 5.69 Å². The molecule has 5 N–H and O–H groups in total. The molecule has 2 aromatic rings. The fourth-order valence-corrected chi connectivity index (χ4v) is 2.11. The fraction of sp³-hybridized carbons (Fsp3) is 0.0909. The van der Waals surface area contributed by atoms with Gasteiger partial charge in [0.25, 0.3) is 5.91 Å². The van der Waals surface area contributed by atoms with Gasteiger partial charge in [-0.05, 0) is 17.7 Å². The molecule has 1 aliphatic heterocycles. The zero-order valence-electron chi connectivity index (χ0n) is 10.0. The number of nitrogens with zero attached hydrogens (tertiary/aromatic N) is 2. The summed E-state index contributed by atoms with van der Waals surface area (Å²) in [6, 6.07) is 3.24. The topological polar surface area (TPSA) is 126 Å². The molecule has 0 fully saturated rings. The van der Waals surface area contributed by atoms with E-state index in [9.17, 15) is 9.59 Å². The third-order valence-corrected chi connectivity index (χ3v) is 3.10. The molecule has 102 valence electrons. The van der Waals surface area contributed by atoms with Crippen molar-refractivity contribution in [3.8, 4) is 0 Å². The third-order valence-electron chi connectivity index (χ3n) is 2.78. The standard InChI is InChI=1S/C11H9ClN6O2/c12-5-3-6-4(2-8(19)14-6)1-7(5)15-10(20)9-16-11(13)18-17-9/h1,3H,2H2,(H,14,19)(H,15,20)(H3,13,16,17,18). The summed E-state index contributed by atoms with van der Waals surface area (Å²) in [5.41, 5.74) is 7.14. The lowest BCUT2D eigenvalue weighted by atomic mass is 10.1. The Hall–Kier alpha value is -2.61. The fourth-order valence-electron chi connectivity index (χ4n) is 1.90. The van der Waals surface area contributed by atoms with Gasteiger partial charge in [0.15, 0.2) is 0 Å². The van der Waals surface area contributed by atoms with Gasteiger partial charge < -0.3 is 16.4 Å². The molecule has 2 heterocycles. The van der Waals surface area contributed by atoms with E-state index < -0.39 is 5.91 Å². The molecule has 9 heteroatoms. The molecule has 20 heavy (non-hydrogen) atoms. The first kappa shape index (κ1) is 12.4. The molecule has 0 unspecified atom stereocenters. The number of carbonyl (C=O) groups is 2. The zero-order valence-corrected chi connectivity index (χ0v) is 10.8. The summed E-state index contributed by atoms with van der Waals surface area (Å²) >= 11 is 6.06. The van der Waals surface area contributed by atoms with Gasteiger partial charge in [-0.2, -0.15) is 4.98 Å². The van der Waals surface area contributed by atoms with Crippen LogP contribution in [0.5, 0.6) is 0 Å². The van der Waals surface area contributed by atoms with Crippen molar-refractivity contribution >= 4 is 40.7 Å². The van der Waals surface area contributed by atoms with Crippen LogP contribution in [0.4, 0.5) is 17.3 Å². The number of amides is 2. The lowest BCUT2D eigenvalue weighted by Crippen LogP contribution is -2.14. The number of benzene rings is 1. The molecular formula is C11H9ClN6O2. The van der Waals surface area contributed by atoms with E-state index in [1.807, 2.05) is 0 Å². The average molecular weight is 293 g/mol. The van der Waals surface area contributed by atoms with E-state index in [0.717, 1.165) is 5.56 Å². The smallest absolute Gasteiger partial charge is 0.293 e. The predicted octanol–water partition coefficient (Wildman–Crippen LogP) is 0.787. The normalized spacial score (nSPS) is 12.9. The van der Waals surface area contributed by atoms with Gasteiger partial charge >= 0.3 is 0 Å². The van der Waals surface area contributed by atoms with Crippen molar-refractivity contribution in [3.05, 3.63) is 28.5 Å². The average Bonchev–Trinajstić information content (AvgIpc) is 2.95. The van der Waals surface area contributed by atoms with Crippen molar-refractivity contribution in [1.82, 2.24) is 15.2 Å². The monoisotopic (exact) mass is 292 g/mol. The molecule has 0 atom stereocenters. The van der Waals surface area contributed by atoms with Gasteiger partial charge in [0.1, 0.15) is 0 Å². The van der Waals surface area contributed by atoms with E-state index in [-0.39, 0.29) is 24.1 Å². The SMILES string of the molecule is Nc1n[nH]c(C(=O)Nc2cc3c(cc2Cl)NC(=O)C3)n1. The summed E-state index contributed by atoms with van der Waals surface area (Å²) in [4.78, 5) is 26.9. The van der Waals surface area contributed by atoms with E-state index in [0.29, 0.717) is 16.4 Å². The Morgan fingerprint density at radius 1 is 1.45 bits per heavy atom. The van der Waals surface area contributed by atoms with E-state index >= 15 is 0 Å². The van der Waals surface area contributed by atoms with E-state index in [1.54, 1.807) is 12.1 Å². The van der Waals surface area contributed by atoms with Gasteiger partial charge in [0.2, 0.25) is 17.7 Å². The maximum Gasteiger partial charge on any atom is 0.293 e. The van der Waals surface area contributed by atoms with Crippen molar-refractivity contribution in [2.24, 2.45) is 0 Å². The van der Waals surface area contributed by atoms with Crippen molar-refractivity contribution in [2.75, 3.05) is 16.4 Å². The minimum Gasteiger partial charge on any atom is -0.366 e. The molecule has 0 spiro atoms. The number of nitrogens with one attached hydrogen (secondary N) is 3. The van der Waals surface area contributed by atoms with Crippen molar-refractivity contribution in [1.29, 1.82) is 0 Å². The molecule has 0 aliphatic carbocycles. The highest BCUT2D eigenvalue weighted by molar-refractivity contribution is 6.34. The van der Waals surface area contributed by atoms with Crippen LogP contribution in [0.3, 0.4) is 0 Å². The number of H-pyrrole nitrogens is 1. The second-order valence-corrected chi connectivity index (χ2v) is 4.62. The number of anilines is 3. The lowest BCUT2D eigenvalue weighted by molar-refractivity contribution is -0.115. The number of fused-ring (bicyclic) bond motifs is 1. The van der Waals surface area contributed by atoms with Crippen LogP contribution in [0.1, 0.15) is 16.2 Å². The third kappa shape index (κ3) is 2.16. The van der Waals surface area contributed by atoms with Crippen molar-refractivity contribution in [2.45, 2.75) is 6.42 Å². The molecule has 0 saturated carbocycles. The number of hydrogen-bond donors (Lipinski definition) is 4. The minimum atomic E-state index is -0.520. The molecule has 1 aliphatic rings. The second-order valence-electron chi connectivity index (χ2n) is 4.21. The number of aromatic nitrogens is 3. The molecule has 0 saturated heterocycles. The van der Waals surface area contributed by atoms with Crippen LogP contribution in [0.2, 0.25) is 5.02 Å². The quantitative estimate of drug-likeness (QED) is 0.651. The van der Waals surface area contributed by atoms with Crippen LogP contribution in [-0.2, 0) is 11.2 Å². The van der Waals surface area contributed by atoms with Crippen LogP contribution in [0.25, 0.3) is 0 Å². The first-order valence-electron chi connectivity index (χ1n) is 5.64. The van der Waals surface area contributed by atoms with Crippen LogP contribution in [0, 0.1) is 0 Å². The minimum absolute atomic E-state index is 0.0201. The summed E-state index contributed by atoms with van der Waals surface area (Å²) < 4.78 is 0. The Morgan fingerprint density at radius 3 is 2.95 bits per heavy atom. The van der Waals surface area contributed by atoms with E-state index in [1.165, 1.54) is 0 Å². The van der Waals surface area contributed by atoms with Crippen molar-refractivity contribution < 1.29 is 9.59 Å². The number of rotatable bonds is 2. The number of aromatic amines is 1. The molecule has 0 radical (unpaired) electrons. The van der Waals surface area contributed by atoms with Gasteiger partial charge in [0.05, 0.1) is 17.1 Å². The highest BCUT2D eigenvalue weighted by Gasteiger charge is 2.21. The maximum atomic E-state index is 11.9. The Labute approximate surface area is 117 Å². The first-order valence-corrected chi connectivity index (χ1v) is 6.02. The maximum absolute atomic E-state index is 11.9. The highest BCUT2D eigenvalue weighted by Crippen LogP contribution is 2.32. The number of hydrogen-bond acceptors (Lipinski definition) is 5. The van der Waals surface area contributed by atoms with Crippen LogP contribution in [0.15, 0.2) is 12.1 Å². The molecular weight excluding hydrogens is 284 g/mol. The van der Waals surface area contributed by atoms with Crippen LogP contribution >= 0.6 is 11.6 Å². The second kappa shape index (κ2) is 4.49. The Kier molecular flexibility index (Phi) is 2.79. The Bertz CT molecular complexity index is 726. The summed E-state index contributed by atoms with van der Waals surface area (Å²) in [7, 11) is 0. The highest BCUT2D eigenvalue weighted by atomic mass is 35.5.